The fraction of sp³-hybridized carbons (Fsp3) is 0.467. The minimum Gasteiger partial charge on any atom is -0.365 e. The predicted octanol–water partition coefficient (Wildman–Crippen LogP) is -0.601. The summed E-state index contributed by atoms with van der Waals surface area (Å²) < 4.78 is 31.0. The van der Waals surface area contributed by atoms with Gasteiger partial charge in [-0.1, -0.05) is 0 Å². The minimum absolute atomic E-state index is 0.00786. The summed E-state index contributed by atoms with van der Waals surface area (Å²) in [6.45, 7) is 0.697. The molecule has 5 N–H and O–H groups in total. The van der Waals surface area contributed by atoms with E-state index in [2.05, 4.69) is 5.43 Å². The maximum atomic E-state index is 15.2. The summed E-state index contributed by atoms with van der Waals surface area (Å²) in [5.74, 6) is 3.64. The van der Waals surface area contributed by atoms with Gasteiger partial charge in [0.15, 0.2) is 5.82 Å². The lowest BCUT2D eigenvalue weighted by Gasteiger charge is -2.22. The monoisotopic (exact) mass is 352 g/mol. The second-order valence-corrected chi connectivity index (χ2v) is 6.61. The van der Waals surface area contributed by atoms with Crippen LogP contribution in [0.4, 0.5) is 14.5 Å². The average Bonchev–Trinajstić information content (AvgIpc) is 3.29. The van der Waals surface area contributed by atoms with Crippen LogP contribution in [0.3, 0.4) is 0 Å². The van der Waals surface area contributed by atoms with Gasteiger partial charge in [0.05, 0.1) is 5.39 Å². The van der Waals surface area contributed by atoms with Crippen molar-refractivity contribution in [3.8, 4) is 0 Å². The molecule has 0 amide bonds. The largest absolute Gasteiger partial charge is 0.368 e. The molecule has 2 aromatic rings. The third kappa shape index (κ3) is 2.44. The molecule has 0 bridgehead atoms. The van der Waals surface area contributed by atoms with Crippen LogP contribution in [0.5, 0.6) is 0 Å². The molecule has 0 spiro atoms. The first-order valence-corrected chi connectivity index (χ1v) is 8.10. The number of nitrogens with two attached hydrogens (primary N) is 2. The molecule has 10 heteroatoms. The van der Waals surface area contributed by atoms with Gasteiger partial charge in [0.2, 0.25) is 0 Å². The Morgan fingerprint density at radius 1 is 1.20 bits per heavy atom. The Morgan fingerprint density at radius 3 is 2.52 bits per heavy atom. The highest BCUT2D eigenvalue weighted by atomic mass is 19.1. The lowest BCUT2D eigenvalue weighted by molar-refractivity contribution is 0.576. The summed E-state index contributed by atoms with van der Waals surface area (Å²) in [4.78, 5) is 26.0. The Bertz CT molecular complexity index is 981. The summed E-state index contributed by atoms with van der Waals surface area (Å²) >= 11 is 0. The van der Waals surface area contributed by atoms with E-state index in [1.54, 1.807) is 0 Å². The molecular formula is C15H18F2N6O2. The smallest absolute Gasteiger partial charge is 0.365 e. The lowest BCUT2D eigenvalue weighted by Crippen LogP contribution is -2.48. The van der Waals surface area contributed by atoms with Crippen molar-refractivity contribution in [3.63, 3.8) is 0 Å². The summed E-state index contributed by atoms with van der Waals surface area (Å²) in [6, 6.07) is 0.734. The Kier molecular flexibility index (Phi) is 3.46. The van der Waals surface area contributed by atoms with Crippen molar-refractivity contribution < 1.29 is 8.78 Å². The van der Waals surface area contributed by atoms with Gasteiger partial charge in [-0.25, -0.2) is 18.3 Å². The van der Waals surface area contributed by atoms with Crippen molar-refractivity contribution in [2.75, 3.05) is 29.3 Å². The first-order chi connectivity index (χ1) is 11.9. The van der Waals surface area contributed by atoms with E-state index in [1.807, 2.05) is 0 Å². The Balaban J connectivity index is 2.02. The fourth-order valence-corrected chi connectivity index (χ4v) is 3.20. The molecule has 1 aliphatic carbocycles. The first kappa shape index (κ1) is 15.9. The van der Waals surface area contributed by atoms with Gasteiger partial charge in [-0.15, -0.1) is 0 Å². The Hall–Kier alpha value is -2.62. The molecule has 1 atom stereocenters. The number of fused-ring (bicyclic) bond motifs is 1. The first-order valence-electron chi connectivity index (χ1n) is 8.10. The van der Waals surface area contributed by atoms with Crippen LogP contribution in [0.2, 0.25) is 0 Å². The van der Waals surface area contributed by atoms with Crippen molar-refractivity contribution >= 4 is 16.6 Å². The quantitative estimate of drug-likeness (QED) is 0.636. The van der Waals surface area contributed by atoms with Crippen LogP contribution in [0, 0.1) is 11.6 Å². The number of aromatic nitrogens is 2. The molecule has 2 heterocycles. The van der Waals surface area contributed by atoms with Crippen LogP contribution in [-0.2, 0) is 0 Å². The van der Waals surface area contributed by atoms with Crippen molar-refractivity contribution in [2.45, 2.75) is 31.3 Å². The van der Waals surface area contributed by atoms with E-state index in [4.69, 9.17) is 11.6 Å². The fourth-order valence-electron chi connectivity index (χ4n) is 3.20. The number of benzene rings is 1. The van der Waals surface area contributed by atoms with E-state index in [1.165, 1.54) is 4.90 Å². The zero-order valence-electron chi connectivity index (χ0n) is 13.3. The van der Waals surface area contributed by atoms with E-state index >= 15 is 4.39 Å². The standard InChI is InChI=1S/C15H18F2N6O2/c16-10-5-9-12(11(17)13(10)21-4-3-7(18)6-21)23(20-8-1-2-8)15(25)22(19)14(9)24/h5,7-8,20H,1-4,6,18-19H2. The van der Waals surface area contributed by atoms with Crippen molar-refractivity contribution in [2.24, 2.45) is 5.73 Å². The van der Waals surface area contributed by atoms with Crippen LogP contribution >= 0.6 is 0 Å². The van der Waals surface area contributed by atoms with Gasteiger partial charge in [-0.2, -0.15) is 4.68 Å². The van der Waals surface area contributed by atoms with Gasteiger partial charge in [-0.05, 0) is 25.3 Å². The van der Waals surface area contributed by atoms with Crippen LogP contribution in [-0.4, -0.2) is 34.5 Å². The van der Waals surface area contributed by atoms with E-state index in [0.717, 1.165) is 23.6 Å². The molecular weight excluding hydrogens is 334 g/mol. The van der Waals surface area contributed by atoms with E-state index in [-0.39, 0.29) is 28.7 Å². The Morgan fingerprint density at radius 2 is 1.92 bits per heavy atom. The highest BCUT2D eigenvalue weighted by Gasteiger charge is 2.30. The third-order valence-electron chi connectivity index (χ3n) is 4.67. The maximum absolute atomic E-state index is 15.2. The number of anilines is 1. The number of nitrogens with zero attached hydrogens (tertiary/aromatic N) is 3. The number of rotatable bonds is 3. The molecule has 1 saturated heterocycles. The van der Waals surface area contributed by atoms with E-state index < -0.39 is 22.9 Å². The molecule has 0 radical (unpaired) electrons. The van der Waals surface area contributed by atoms with Crippen LogP contribution in [0.15, 0.2) is 15.7 Å². The maximum Gasteiger partial charge on any atom is 0.368 e. The molecule has 134 valence electrons. The van der Waals surface area contributed by atoms with Gasteiger partial charge < -0.3 is 21.9 Å². The second kappa shape index (κ2) is 5.45. The summed E-state index contributed by atoms with van der Waals surface area (Å²) in [6.07, 6.45) is 2.23. The van der Waals surface area contributed by atoms with Crippen LogP contribution in [0.1, 0.15) is 19.3 Å². The number of nitrogens with one attached hydrogen (secondary N) is 1. The summed E-state index contributed by atoms with van der Waals surface area (Å²) in [7, 11) is 0. The average molecular weight is 352 g/mol. The zero-order valence-corrected chi connectivity index (χ0v) is 13.3. The molecule has 2 aliphatic rings. The van der Waals surface area contributed by atoms with Crippen molar-refractivity contribution in [1.82, 2.24) is 9.35 Å². The molecule has 2 fully saturated rings. The number of halogens is 2. The highest BCUT2D eigenvalue weighted by molar-refractivity contribution is 5.84. The number of hydrogen-bond acceptors (Lipinski definition) is 6. The summed E-state index contributed by atoms with van der Waals surface area (Å²) in [5, 5.41) is -0.294. The molecule has 1 saturated carbocycles. The van der Waals surface area contributed by atoms with Gasteiger partial charge in [-0.3, -0.25) is 4.79 Å². The number of nitrogen functional groups attached to an aromatic ring is 1. The van der Waals surface area contributed by atoms with Crippen molar-refractivity contribution in [1.29, 1.82) is 0 Å². The molecule has 1 aromatic carbocycles. The predicted molar refractivity (Wildman–Crippen MR) is 89.7 cm³/mol. The third-order valence-corrected chi connectivity index (χ3v) is 4.67. The van der Waals surface area contributed by atoms with E-state index in [9.17, 15) is 14.0 Å². The van der Waals surface area contributed by atoms with Gasteiger partial charge >= 0.3 is 5.69 Å². The molecule has 25 heavy (non-hydrogen) atoms. The van der Waals surface area contributed by atoms with Gasteiger partial charge in [0.25, 0.3) is 5.56 Å². The summed E-state index contributed by atoms with van der Waals surface area (Å²) in [5.41, 5.74) is 6.24. The van der Waals surface area contributed by atoms with Gasteiger partial charge in [0.1, 0.15) is 17.0 Å². The highest BCUT2D eigenvalue weighted by Crippen LogP contribution is 2.31. The van der Waals surface area contributed by atoms with Crippen LogP contribution in [0.25, 0.3) is 10.9 Å². The SMILES string of the molecule is NC1CCN(c2c(F)cc3c(=O)n(N)c(=O)n(NC4CC4)c3c2F)C1. The van der Waals surface area contributed by atoms with E-state index in [0.29, 0.717) is 24.2 Å². The minimum atomic E-state index is -0.966. The molecule has 8 nitrogen and oxygen atoms in total. The van der Waals surface area contributed by atoms with Crippen molar-refractivity contribution in [3.05, 3.63) is 38.5 Å². The molecule has 1 aliphatic heterocycles. The Labute approximate surface area is 140 Å². The van der Waals surface area contributed by atoms with Gasteiger partial charge in [0, 0.05) is 25.2 Å². The molecule has 1 aromatic heterocycles. The number of hydrogen-bond donors (Lipinski definition) is 3. The zero-order chi connectivity index (χ0) is 17.9. The molecule has 1 unspecified atom stereocenters. The molecule has 4 rings (SSSR count). The lowest BCUT2D eigenvalue weighted by atomic mass is 10.2. The topological polar surface area (TPSA) is 111 Å². The van der Waals surface area contributed by atoms with Crippen LogP contribution < -0.4 is 33.2 Å². The second-order valence-electron chi connectivity index (χ2n) is 6.61. The normalized spacial score (nSPS) is 20.4.